The van der Waals surface area contributed by atoms with Gasteiger partial charge in [-0.25, -0.2) is 4.98 Å². The molecule has 3 nitrogen and oxygen atoms in total. The highest BCUT2D eigenvalue weighted by Crippen LogP contribution is 2.29. The first-order valence-electron chi connectivity index (χ1n) is 6.15. The number of pyridine rings is 1. The van der Waals surface area contributed by atoms with Crippen molar-refractivity contribution >= 4 is 11.6 Å². The number of aromatic nitrogens is 1. The molecule has 1 aromatic heterocycles. The lowest BCUT2D eigenvalue weighted by molar-refractivity contribution is 0.461. The Labute approximate surface area is 118 Å². The predicted octanol–water partition coefficient (Wildman–Crippen LogP) is 3.86. The van der Waals surface area contributed by atoms with Gasteiger partial charge in [0.15, 0.2) is 0 Å². The number of hydrogen-bond donors (Lipinski definition) is 1. The van der Waals surface area contributed by atoms with Gasteiger partial charge in [0, 0.05) is 18.3 Å². The maximum atomic E-state index is 6.14. The molecule has 0 fully saturated rings. The van der Waals surface area contributed by atoms with Crippen LogP contribution in [0.4, 0.5) is 0 Å². The average molecular weight is 277 g/mol. The van der Waals surface area contributed by atoms with Crippen LogP contribution in [0.3, 0.4) is 0 Å². The third kappa shape index (κ3) is 3.46. The van der Waals surface area contributed by atoms with E-state index in [2.05, 4.69) is 10.3 Å². The Hall–Kier alpha value is -1.58. The molecule has 0 aliphatic rings. The van der Waals surface area contributed by atoms with Crippen LogP contribution in [-0.4, -0.2) is 12.0 Å². The molecule has 0 atom stereocenters. The Bertz CT molecular complexity index is 584. The van der Waals surface area contributed by atoms with Crippen LogP contribution >= 0.6 is 11.6 Å². The molecule has 1 heterocycles. The normalized spacial score (nSPS) is 10.5. The maximum Gasteiger partial charge on any atom is 0.219 e. The van der Waals surface area contributed by atoms with E-state index in [1.165, 1.54) is 0 Å². The molecule has 0 saturated heterocycles. The molecule has 100 valence electrons. The van der Waals surface area contributed by atoms with E-state index in [4.69, 9.17) is 16.3 Å². The van der Waals surface area contributed by atoms with Crippen LogP contribution in [0.5, 0.6) is 11.6 Å². The molecule has 2 aromatic rings. The van der Waals surface area contributed by atoms with Crippen molar-refractivity contribution in [3.05, 3.63) is 52.2 Å². The fraction of sp³-hybridized carbons (Fsp3) is 0.267. The molecular formula is C15H17ClN2O. The summed E-state index contributed by atoms with van der Waals surface area (Å²) in [6, 6.07) is 9.56. The Morgan fingerprint density at radius 2 is 2.00 bits per heavy atom. The zero-order chi connectivity index (χ0) is 13.8. The Balaban J connectivity index is 2.21. The third-order valence-corrected chi connectivity index (χ3v) is 3.13. The van der Waals surface area contributed by atoms with Crippen molar-refractivity contribution in [3.8, 4) is 11.6 Å². The van der Waals surface area contributed by atoms with Gasteiger partial charge < -0.3 is 10.1 Å². The van der Waals surface area contributed by atoms with Gasteiger partial charge >= 0.3 is 0 Å². The van der Waals surface area contributed by atoms with Gasteiger partial charge in [0.05, 0.1) is 5.02 Å². The van der Waals surface area contributed by atoms with Crippen LogP contribution in [0.2, 0.25) is 5.02 Å². The summed E-state index contributed by atoms with van der Waals surface area (Å²) in [7, 11) is 1.91. The first kappa shape index (κ1) is 13.8. The highest BCUT2D eigenvalue weighted by Gasteiger charge is 2.06. The number of hydrogen-bond acceptors (Lipinski definition) is 3. The van der Waals surface area contributed by atoms with Crippen LogP contribution in [0.15, 0.2) is 30.3 Å². The second-order valence-electron chi connectivity index (χ2n) is 4.46. The Morgan fingerprint density at radius 1 is 1.21 bits per heavy atom. The smallest absolute Gasteiger partial charge is 0.219 e. The van der Waals surface area contributed by atoms with E-state index in [1.54, 1.807) is 0 Å². The molecule has 0 amide bonds. The Morgan fingerprint density at radius 3 is 2.63 bits per heavy atom. The van der Waals surface area contributed by atoms with Crippen molar-refractivity contribution in [2.75, 3.05) is 7.05 Å². The first-order valence-corrected chi connectivity index (χ1v) is 6.53. The van der Waals surface area contributed by atoms with Crippen LogP contribution in [-0.2, 0) is 6.54 Å². The van der Waals surface area contributed by atoms with E-state index in [0.717, 1.165) is 23.4 Å². The molecule has 2 rings (SSSR count). The topological polar surface area (TPSA) is 34.1 Å². The van der Waals surface area contributed by atoms with Gasteiger partial charge in [0.2, 0.25) is 5.88 Å². The quantitative estimate of drug-likeness (QED) is 0.921. The van der Waals surface area contributed by atoms with Gasteiger partial charge in [-0.05, 0) is 44.2 Å². The highest BCUT2D eigenvalue weighted by atomic mass is 35.5. The SMILES string of the molecule is CNCc1ccc(Oc2ccc(C)cc2Cl)nc1C. The standard InChI is InChI=1S/C15H17ClN2O/c1-10-4-6-14(13(16)8-10)19-15-7-5-12(9-17-3)11(2)18-15/h4-8,17H,9H2,1-3H3. The van der Waals surface area contributed by atoms with Crippen LogP contribution in [0.25, 0.3) is 0 Å². The van der Waals surface area contributed by atoms with Crippen molar-refractivity contribution in [2.45, 2.75) is 20.4 Å². The molecule has 0 radical (unpaired) electrons. The molecule has 4 heteroatoms. The van der Waals surface area contributed by atoms with E-state index >= 15 is 0 Å². The molecular weight excluding hydrogens is 260 g/mol. The molecule has 0 aliphatic carbocycles. The molecule has 0 saturated carbocycles. The number of rotatable bonds is 4. The zero-order valence-electron chi connectivity index (χ0n) is 11.3. The lowest BCUT2D eigenvalue weighted by Crippen LogP contribution is -2.07. The molecule has 0 spiro atoms. The number of halogens is 1. The minimum absolute atomic E-state index is 0.558. The zero-order valence-corrected chi connectivity index (χ0v) is 12.1. The van der Waals surface area contributed by atoms with Crippen molar-refractivity contribution < 1.29 is 4.74 Å². The second-order valence-corrected chi connectivity index (χ2v) is 4.87. The summed E-state index contributed by atoms with van der Waals surface area (Å²) in [6.07, 6.45) is 0. The van der Waals surface area contributed by atoms with Gasteiger partial charge in [-0.3, -0.25) is 0 Å². The van der Waals surface area contributed by atoms with Crippen LogP contribution in [0, 0.1) is 13.8 Å². The van der Waals surface area contributed by atoms with E-state index in [9.17, 15) is 0 Å². The highest BCUT2D eigenvalue weighted by molar-refractivity contribution is 6.32. The van der Waals surface area contributed by atoms with Crippen molar-refractivity contribution in [3.63, 3.8) is 0 Å². The fourth-order valence-corrected chi connectivity index (χ4v) is 2.08. The number of nitrogens with zero attached hydrogens (tertiary/aromatic N) is 1. The van der Waals surface area contributed by atoms with Gasteiger partial charge in [0.25, 0.3) is 0 Å². The van der Waals surface area contributed by atoms with E-state index < -0.39 is 0 Å². The molecule has 0 bridgehead atoms. The lowest BCUT2D eigenvalue weighted by Gasteiger charge is -2.10. The van der Waals surface area contributed by atoms with Crippen LogP contribution < -0.4 is 10.1 Å². The Kier molecular flexibility index (Phi) is 4.40. The average Bonchev–Trinajstić information content (AvgIpc) is 2.36. The summed E-state index contributed by atoms with van der Waals surface area (Å²) >= 11 is 6.14. The number of benzene rings is 1. The summed E-state index contributed by atoms with van der Waals surface area (Å²) in [5, 5.41) is 3.70. The molecule has 0 aliphatic heterocycles. The van der Waals surface area contributed by atoms with Gasteiger partial charge in [-0.1, -0.05) is 23.7 Å². The third-order valence-electron chi connectivity index (χ3n) is 2.84. The fourth-order valence-electron chi connectivity index (χ4n) is 1.80. The summed E-state index contributed by atoms with van der Waals surface area (Å²) in [4.78, 5) is 4.43. The van der Waals surface area contributed by atoms with Crippen molar-refractivity contribution in [1.82, 2.24) is 10.3 Å². The minimum atomic E-state index is 0.558. The predicted molar refractivity (Wildman–Crippen MR) is 78.0 cm³/mol. The molecule has 1 aromatic carbocycles. The number of aryl methyl sites for hydroxylation is 2. The van der Waals surface area contributed by atoms with E-state index in [-0.39, 0.29) is 0 Å². The maximum absolute atomic E-state index is 6.14. The summed E-state index contributed by atoms with van der Waals surface area (Å²) < 4.78 is 5.71. The molecule has 0 unspecified atom stereocenters. The number of nitrogens with one attached hydrogen (secondary N) is 1. The minimum Gasteiger partial charge on any atom is -0.437 e. The number of ether oxygens (including phenoxy) is 1. The van der Waals surface area contributed by atoms with Gasteiger partial charge in [0.1, 0.15) is 5.75 Å². The monoisotopic (exact) mass is 276 g/mol. The largest absolute Gasteiger partial charge is 0.437 e. The van der Waals surface area contributed by atoms with Gasteiger partial charge in [-0.15, -0.1) is 0 Å². The van der Waals surface area contributed by atoms with E-state index in [0.29, 0.717) is 16.7 Å². The lowest BCUT2D eigenvalue weighted by atomic mass is 10.2. The van der Waals surface area contributed by atoms with Crippen molar-refractivity contribution in [2.24, 2.45) is 0 Å². The first-order chi connectivity index (χ1) is 9.10. The van der Waals surface area contributed by atoms with Gasteiger partial charge in [-0.2, -0.15) is 0 Å². The summed E-state index contributed by atoms with van der Waals surface area (Å²) in [5.41, 5.74) is 3.21. The van der Waals surface area contributed by atoms with Crippen molar-refractivity contribution in [1.29, 1.82) is 0 Å². The summed E-state index contributed by atoms with van der Waals surface area (Å²) in [5.74, 6) is 1.18. The second kappa shape index (κ2) is 6.04. The summed E-state index contributed by atoms with van der Waals surface area (Å²) in [6.45, 7) is 4.76. The molecule has 19 heavy (non-hydrogen) atoms. The van der Waals surface area contributed by atoms with E-state index in [1.807, 2.05) is 51.2 Å². The van der Waals surface area contributed by atoms with Crippen LogP contribution in [0.1, 0.15) is 16.8 Å². The molecule has 1 N–H and O–H groups in total.